The zero-order valence-corrected chi connectivity index (χ0v) is 51.2. The highest BCUT2D eigenvalue weighted by molar-refractivity contribution is 7.00. The van der Waals surface area contributed by atoms with Gasteiger partial charge in [-0.2, -0.15) is 0 Å². The van der Waals surface area contributed by atoms with Crippen molar-refractivity contribution in [2.24, 2.45) is 0 Å². The van der Waals surface area contributed by atoms with Crippen LogP contribution in [0.25, 0.3) is 27.5 Å². The Kier molecular flexibility index (Phi) is 12.5. The van der Waals surface area contributed by atoms with E-state index >= 15 is 0 Å². The first-order chi connectivity index (χ1) is 40.7. The van der Waals surface area contributed by atoms with Gasteiger partial charge in [-0.15, -0.1) is 0 Å². The Hall–Kier alpha value is -9.20. The molecule has 6 nitrogen and oxygen atoms in total. The van der Waals surface area contributed by atoms with E-state index in [1.165, 1.54) is 38.6 Å². The molecule has 14 rings (SSSR count). The summed E-state index contributed by atoms with van der Waals surface area (Å²) in [6.07, 6.45) is 2.30. The number of furan rings is 1. The van der Waals surface area contributed by atoms with Crippen LogP contribution in [0.1, 0.15) is 105 Å². The molecule has 5 heterocycles. The fraction of sp³-hybridized carbons (Fsp3) is 0.205. The van der Waals surface area contributed by atoms with Gasteiger partial charge in [0.05, 0.1) is 5.69 Å². The van der Waals surface area contributed by atoms with E-state index in [4.69, 9.17) is 4.42 Å². The molecule has 0 N–H and O–H groups in total. The van der Waals surface area contributed by atoms with E-state index in [0.717, 1.165) is 95.8 Å². The van der Waals surface area contributed by atoms with Crippen LogP contribution in [0.2, 0.25) is 0 Å². The van der Waals surface area contributed by atoms with Crippen LogP contribution in [-0.2, 0) is 21.7 Å². The largest absolute Gasteiger partial charge is 0.454 e. The Labute approximate surface area is 502 Å². The number of anilines is 12. The second kappa shape index (κ2) is 19.7. The van der Waals surface area contributed by atoms with E-state index in [1.54, 1.807) is 0 Å². The first-order valence-electron chi connectivity index (χ1n) is 30.2. The van der Waals surface area contributed by atoms with Crippen LogP contribution >= 0.6 is 0 Å². The minimum absolute atomic E-state index is 0.00443. The molecule has 2 aliphatic heterocycles. The minimum Gasteiger partial charge on any atom is -0.454 e. The van der Waals surface area contributed by atoms with Crippen molar-refractivity contribution >= 4 is 119 Å². The molecule has 12 aromatic rings. The lowest BCUT2D eigenvalue weighted by atomic mass is 9.34. The maximum absolute atomic E-state index is 7.01. The van der Waals surface area contributed by atoms with E-state index in [1.807, 2.05) is 0 Å². The molecule has 0 fully saturated rings. The Morgan fingerprint density at radius 2 is 0.800 bits per heavy atom. The van der Waals surface area contributed by atoms with Gasteiger partial charge in [0.1, 0.15) is 11.4 Å². The molecule has 0 unspecified atom stereocenters. The first kappa shape index (κ1) is 53.8. The summed E-state index contributed by atoms with van der Waals surface area (Å²) in [6.45, 7) is 27.3. The molecule has 0 radical (unpaired) electrons. The van der Waals surface area contributed by atoms with Crippen molar-refractivity contribution < 1.29 is 4.42 Å². The Balaban J connectivity index is 1.01. The summed E-state index contributed by atoms with van der Waals surface area (Å²) in [7, 11) is 0. The molecule has 0 bridgehead atoms. The fourth-order valence-corrected chi connectivity index (χ4v) is 13.2. The van der Waals surface area contributed by atoms with Crippen LogP contribution in [0.4, 0.5) is 68.4 Å². The van der Waals surface area contributed by atoms with E-state index in [9.17, 15) is 0 Å². The number of rotatable bonds is 8. The zero-order valence-electron chi connectivity index (χ0n) is 51.2. The molecule has 0 amide bonds. The Bertz CT molecular complexity index is 4390. The fourth-order valence-electron chi connectivity index (χ4n) is 13.2. The Morgan fingerprint density at radius 3 is 1.33 bits per heavy atom. The zero-order chi connectivity index (χ0) is 58.9. The van der Waals surface area contributed by atoms with Gasteiger partial charge in [-0.3, -0.25) is 4.90 Å². The average molecular weight is 1110 g/mol. The predicted molar refractivity (Wildman–Crippen MR) is 363 cm³/mol. The lowest BCUT2D eigenvalue weighted by Crippen LogP contribution is -2.61. The number of fused-ring (bicyclic) bond motifs is 9. The molecule has 2 aliphatic rings. The smallest absolute Gasteiger partial charge is 0.254 e. The molecule has 0 atom stereocenters. The van der Waals surface area contributed by atoms with E-state index in [2.05, 4.69) is 338 Å². The lowest BCUT2D eigenvalue weighted by Gasteiger charge is -2.43. The van der Waals surface area contributed by atoms with Crippen molar-refractivity contribution in [2.45, 2.75) is 105 Å². The Morgan fingerprint density at radius 1 is 0.353 bits per heavy atom. The van der Waals surface area contributed by atoms with Gasteiger partial charge in [0.25, 0.3) is 6.71 Å². The molecule has 85 heavy (non-hydrogen) atoms. The first-order valence-corrected chi connectivity index (χ1v) is 30.2. The number of aromatic nitrogens is 1. The second-order valence-electron chi connectivity index (χ2n) is 27.6. The van der Waals surface area contributed by atoms with Gasteiger partial charge in [0, 0.05) is 79.4 Å². The maximum Gasteiger partial charge on any atom is 0.254 e. The summed E-state index contributed by atoms with van der Waals surface area (Å²) in [5, 5.41) is 2.19. The van der Waals surface area contributed by atoms with E-state index < -0.39 is 0 Å². The van der Waals surface area contributed by atoms with Crippen molar-refractivity contribution in [1.82, 2.24) is 4.40 Å². The van der Waals surface area contributed by atoms with Gasteiger partial charge in [0.15, 0.2) is 5.58 Å². The summed E-state index contributed by atoms with van der Waals surface area (Å²) in [4.78, 5) is 9.84. The monoisotopic (exact) mass is 1110 g/mol. The molecule has 3 aromatic heterocycles. The number of hydrogen-bond acceptors (Lipinski definition) is 5. The highest BCUT2D eigenvalue weighted by atomic mass is 16.3. The van der Waals surface area contributed by atoms with Gasteiger partial charge < -0.3 is 23.5 Å². The second-order valence-corrected chi connectivity index (χ2v) is 27.6. The normalized spacial score (nSPS) is 13.3. The predicted octanol–water partition coefficient (Wildman–Crippen LogP) is 20.1. The molecule has 9 aromatic carbocycles. The number of pyridine rings is 1. The quantitative estimate of drug-likeness (QED) is 0.142. The molecule has 0 spiro atoms. The maximum atomic E-state index is 7.01. The third-order valence-electron chi connectivity index (χ3n) is 17.8. The number of hydrogen-bond donors (Lipinski definition) is 0. The van der Waals surface area contributed by atoms with Gasteiger partial charge in [-0.05, 0) is 176 Å². The highest BCUT2D eigenvalue weighted by Gasteiger charge is 2.45. The number of para-hydroxylation sites is 3. The summed E-state index contributed by atoms with van der Waals surface area (Å²) in [5.74, 6) is 1.13. The summed E-state index contributed by atoms with van der Waals surface area (Å²) < 4.78 is 9.43. The highest BCUT2D eigenvalue weighted by Crippen LogP contribution is 2.50. The van der Waals surface area contributed by atoms with E-state index in [0.29, 0.717) is 0 Å². The topological polar surface area (TPSA) is 30.5 Å². The average Bonchev–Trinajstić information content (AvgIpc) is 1.73. The van der Waals surface area contributed by atoms with Crippen molar-refractivity contribution in [3.63, 3.8) is 0 Å². The molecule has 0 aliphatic carbocycles. The molecule has 0 saturated carbocycles. The third-order valence-corrected chi connectivity index (χ3v) is 17.8. The van der Waals surface area contributed by atoms with Crippen molar-refractivity contribution in [3.8, 4) is 0 Å². The van der Waals surface area contributed by atoms with Crippen LogP contribution < -0.4 is 36.0 Å². The minimum atomic E-state index is -0.142. The van der Waals surface area contributed by atoms with Crippen LogP contribution in [0.3, 0.4) is 0 Å². The van der Waals surface area contributed by atoms with Gasteiger partial charge >= 0.3 is 0 Å². The van der Waals surface area contributed by atoms with Crippen LogP contribution in [0, 0.1) is 0 Å². The third kappa shape index (κ3) is 9.18. The number of benzene rings is 9. The summed E-state index contributed by atoms with van der Waals surface area (Å²) >= 11 is 0. The molecule has 420 valence electrons. The summed E-state index contributed by atoms with van der Waals surface area (Å²) in [5.41, 5.74) is 23.8. The van der Waals surface area contributed by atoms with E-state index in [-0.39, 0.29) is 28.4 Å². The van der Waals surface area contributed by atoms with Gasteiger partial charge in [0.2, 0.25) is 0 Å². The van der Waals surface area contributed by atoms with Crippen LogP contribution in [-0.4, -0.2) is 11.1 Å². The van der Waals surface area contributed by atoms with Gasteiger partial charge in [-0.25, -0.2) is 0 Å². The standard InChI is InChI=1S/C78H74BN5O/c1-75(2,3)51-28-36-56(37-29-51)81(57-38-30-52(31-39-57)76(4,5)6)60-44-45-65-70(50-60)84(69-26-18-23-64-63-22-16-17-27-71(63)85-73(64)69)68-25-19-24-67-72(68)79(65)66-49-62-48-61(46-47-80(62)74(66)83(67)55-20-14-13-15-21-55)82(58-40-32-53(33-41-58)77(7,8)9)59-42-34-54(35-43-59)78(10,11)12/h13-50H,1-12H3. The SMILES string of the molecule is CC(C)(C)c1ccc(N(c2ccc(C(C)(C)C)cc2)c2ccc3c(c2)N(c2cccc4c2oc2ccccc24)c2cccc4c2B3c2cc3cc(N(c5ccc(C(C)(C)C)cc5)c5ccc(C(C)(C)C)cc5)ccn3c2N4c2ccccc2)cc1. The van der Waals surface area contributed by atoms with Crippen molar-refractivity contribution in [1.29, 1.82) is 0 Å². The molecule has 0 saturated heterocycles. The molecular formula is C78H74BN5O. The van der Waals surface area contributed by atoms with Gasteiger partial charge in [-0.1, -0.05) is 192 Å². The molecular weight excluding hydrogens is 1030 g/mol. The lowest BCUT2D eigenvalue weighted by molar-refractivity contribution is 0.590. The molecule has 7 heteroatoms. The van der Waals surface area contributed by atoms with Crippen LogP contribution in [0.15, 0.2) is 235 Å². The van der Waals surface area contributed by atoms with Crippen molar-refractivity contribution in [2.75, 3.05) is 19.6 Å². The number of nitrogens with zero attached hydrogens (tertiary/aromatic N) is 5. The van der Waals surface area contributed by atoms with Crippen molar-refractivity contribution in [3.05, 3.63) is 253 Å². The van der Waals surface area contributed by atoms with Crippen LogP contribution in [0.5, 0.6) is 0 Å². The summed E-state index contributed by atoms with van der Waals surface area (Å²) in [6, 6.07) is 83.9.